The predicted molar refractivity (Wildman–Crippen MR) is 128 cm³/mol. The first-order valence-electron chi connectivity index (χ1n) is 11.4. The lowest BCUT2D eigenvalue weighted by atomic mass is 9.97. The molecule has 2 aliphatic rings. The third-order valence-corrected chi connectivity index (χ3v) is 13.2. The molecule has 2 aromatic rings. The van der Waals surface area contributed by atoms with Crippen molar-refractivity contribution in [1.82, 2.24) is 0 Å². The van der Waals surface area contributed by atoms with Crippen LogP contribution in [0.15, 0.2) is 60.7 Å². The van der Waals surface area contributed by atoms with Crippen LogP contribution in [0.25, 0.3) is 0 Å². The van der Waals surface area contributed by atoms with Gasteiger partial charge >= 0.3 is 0 Å². The van der Waals surface area contributed by atoms with E-state index in [2.05, 4.69) is 80.2 Å². The lowest BCUT2D eigenvalue weighted by molar-refractivity contribution is -0.0551. The van der Waals surface area contributed by atoms with Crippen molar-refractivity contribution < 1.29 is 9.47 Å². The molecule has 2 aromatic carbocycles. The van der Waals surface area contributed by atoms with Crippen LogP contribution < -0.4 is 10.4 Å². The fourth-order valence-corrected chi connectivity index (χ4v) is 11.3. The van der Waals surface area contributed by atoms with Gasteiger partial charge in [-0.15, -0.1) is 0 Å². The minimum absolute atomic E-state index is 0.0373. The topological polar surface area (TPSA) is 18.5 Å². The van der Waals surface area contributed by atoms with E-state index in [4.69, 9.17) is 9.47 Å². The number of hydrogen-bond acceptors (Lipinski definition) is 2. The maximum absolute atomic E-state index is 6.86. The van der Waals surface area contributed by atoms with E-state index in [1.807, 2.05) is 0 Å². The molecule has 2 saturated heterocycles. The van der Waals surface area contributed by atoms with Crippen LogP contribution in [0, 0.1) is 6.42 Å². The molecule has 1 radical (unpaired) electrons. The van der Waals surface area contributed by atoms with Gasteiger partial charge in [0.1, 0.15) is 8.80 Å². The van der Waals surface area contributed by atoms with Gasteiger partial charge in [0.15, 0.2) is 0 Å². The zero-order valence-electron chi connectivity index (χ0n) is 18.0. The van der Waals surface area contributed by atoms with Crippen molar-refractivity contribution >= 4 is 28.0 Å². The normalized spacial score (nSPS) is 28.0. The molecular weight excluding hydrogens is 388 g/mol. The fourth-order valence-electron chi connectivity index (χ4n) is 5.30. The summed E-state index contributed by atoms with van der Waals surface area (Å²) < 4.78 is 13.5. The number of rotatable bonds is 6. The van der Waals surface area contributed by atoms with Crippen LogP contribution in [0.1, 0.15) is 38.5 Å². The van der Waals surface area contributed by atoms with E-state index in [0.29, 0.717) is 0 Å². The third kappa shape index (κ3) is 4.46. The van der Waals surface area contributed by atoms with Crippen LogP contribution in [0.5, 0.6) is 0 Å². The molecule has 2 unspecified atom stereocenters. The molecule has 0 bridgehead atoms. The highest BCUT2D eigenvalue weighted by molar-refractivity contribution is 6.88. The van der Waals surface area contributed by atoms with Gasteiger partial charge in [-0.05, 0) is 38.5 Å². The molecule has 2 aliphatic heterocycles. The molecule has 0 spiro atoms. The van der Waals surface area contributed by atoms with E-state index in [9.17, 15) is 0 Å². The SMILES string of the molecule is C[SiH](C)C1([CH]C2([SiH](c3ccccc3)c3ccccc3)CCCCO2)CCCCO1. The smallest absolute Gasteiger partial charge is 0.138 e. The van der Waals surface area contributed by atoms with Crippen molar-refractivity contribution in [2.45, 2.75) is 62.1 Å². The Labute approximate surface area is 179 Å². The summed E-state index contributed by atoms with van der Waals surface area (Å²) in [7, 11) is -2.73. The second kappa shape index (κ2) is 9.29. The first-order chi connectivity index (χ1) is 14.2. The van der Waals surface area contributed by atoms with Gasteiger partial charge in [0.05, 0.1) is 19.2 Å². The largest absolute Gasteiger partial charge is 0.378 e. The first kappa shape index (κ1) is 21.0. The summed E-state index contributed by atoms with van der Waals surface area (Å²) in [5, 5.41) is 2.75. The van der Waals surface area contributed by atoms with E-state index in [1.165, 1.54) is 42.5 Å². The molecular formula is C25H35O2Si2. The molecule has 2 atom stereocenters. The van der Waals surface area contributed by atoms with E-state index in [0.717, 1.165) is 19.6 Å². The molecule has 4 heteroatoms. The fraction of sp³-hybridized carbons (Fsp3) is 0.480. The maximum Gasteiger partial charge on any atom is 0.138 e. The van der Waals surface area contributed by atoms with Gasteiger partial charge in [0.25, 0.3) is 0 Å². The lowest BCUT2D eigenvalue weighted by Gasteiger charge is -2.51. The minimum atomic E-state index is -1.66. The quantitative estimate of drug-likeness (QED) is 0.660. The zero-order chi connectivity index (χ0) is 20.2. The van der Waals surface area contributed by atoms with Gasteiger partial charge in [-0.2, -0.15) is 0 Å². The van der Waals surface area contributed by atoms with Crippen LogP contribution in [-0.2, 0) is 9.47 Å². The van der Waals surface area contributed by atoms with E-state index in [1.54, 1.807) is 0 Å². The van der Waals surface area contributed by atoms with Gasteiger partial charge in [0, 0.05) is 19.6 Å². The van der Waals surface area contributed by atoms with Crippen molar-refractivity contribution in [3.05, 3.63) is 67.1 Å². The van der Waals surface area contributed by atoms with Crippen LogP contribution in [0.3, 0.4) is 0 Å². The third-order valence-electron chi connectivity index (χ3n) is 6.89. The van der Waals surface area contributed by atoms with Crippen LogP contribution in [0.2, 0.25) is 13.1 Å². The van der Waals surface area contributed by atoms with E-state index >= 15 is 0 Å². The monoisotopic (exact) mass is 423 g/mol. The summed E-state index contributed by atoms with van der Waals surface area (Å²) in [5.74, 6) is 0. The van der Waals surface area contributed by atoms with Crippen molar-refractivity contribution in [1.29, 1.82) is 0 Å². The van der Waals surface area contributed by atoms with Crippen molar-refractivity contribution in [2.24, 2.45) is 0 Å². The average molecular weight is 424 g/mol. The molecule has 2 fully saturated rings. The Bertz CT molecular complexity index is 711. The summed E-state index contributed by atoms with van der Waals surface area (Å²) in [6.45, 7) is 6.69. The second-order valence-electron chi connectivity index (χ2n) is 9.07. The van der Waals surface area contributed by atoms with Gasteiger partial charge in [-0.1, -0.05) is 84.1 Å². The number of benzene rings is 2. The van der Waals surface area contributed by atoms with Crippen molar-refractivity contribution in [2.75, 3.05) is 13.2 Å². The van der Waals surface area contributed by atoms with Gasteiger partial charge in [-0.25, -0.2) is 0 Å². The molecule has 2 heterocycles. The van der Waals surface area contributed by atoms with Crippen LogP contribution in [0.4, 0.5) is 0 Å². The standard InChI is InChI=1S/C25H35O2Si2/c1-28(2)24(17-9-11-19-26-24)21-25(18-10-12-20-27-25)29(22-13-5-3-6-14-22)23-15-7-4-8-16-23/h3-8,13-16,21,28-29H,9-12,17-20H2,1-2H3. The van der Waals surface area contributed by atoms with Crippen molar-refractivity contribution in [3.8, 4) is 0 Å². The van der Waals surface area contributed by atoms with E-state index in [-0.39, 0.29) is 10.4 Å². The Kier molecular flexibility index (Phi) is 6.74. The van der Waals surface area contributed by atoms with E-state index < -0.39 is 17.6 Å². The average Bonchev–Trinajstić information content (AvgIpc) is 2.76. The second-order valence-corrected chi connectivity index (χ2v) is 15.5. The first-order valence-corrected chi connectivity index (χ1v) is 16.0. The Morgan fingerprint density at radius 1 is 0.690 bits per heavy atom. The molecule has 0 saturated carbocycles. The summed E-state index contributed by atoms with van der Waals surface area (Å²) in [5.41, 5.74) is 0. The highest BCUT2D eigenvalue weighted by Gasteiger charge is 2.52. The zero-order valence-corrected chi connectivity index (χ0v) is 20.3. The lowest BCUT2D eigenvalue weighted by Crippen LogP contribution is -2.67. The van der Waals surface area contributed by atoms with Crippen LogP contribution in [-0.4, -0.2) is 41.3 Å². The van der Waals surface area contributed by atoms with Gasteiger partial charge < -0.3 is 9.47 Å². The number of hydrogen-bond donors (Lipinski definition) is 0. The molecule has 0 amide bonds. The Morgan fingerprint density at radius 3 is 1.59 bits per heavy atom. The molecule has 0 aromatic heterocycles. The predicted octanol–water partition coefficient (Wildman–Crippen LogP) is 3.68. The Morgan fingerprint density at radius 2 is 1.17 bits per heavy atom. The van der Waals surface area contributed by atoms with Gasteiger partial charge in [-0.3, -0.25) is 0 Å². The summed E-state index contributed by atoms with van der Waals surface area (Å²) in [4.78, 5) is 0. The molecule has 4 rings (SSSR count). The molecule has 0 N–H and O–H groups in total. The molecule has 0 aliphatic carbocycles. The molecule has 29 heavy (non-hydrogen) atoms. The summed E-state index contributed by atoms with van der Waals surface area (Å²) in [6, 6.07) is 22.4. The summed E-state index contributed by atoms with van der Waals surface area (Å²) in [6.07, 6.45) is 9.82. The minimum Gasteiger partial charge on any atom is -0.378 e. The number of ether oxygens (including phenoxy) is 2. The highest BCUT2D eigenvalue weighted by Crippen LogP contribution is 2.40. The Balaban J connectivity index is 1.80. The van der Waals surface area contributed by atoms with Crippen molar-refractivity contribution in [3.63, 3.8) is 0 Å². The van der Waals surface area contributed by atoms with Crippen LogP contribution >= 0.6 is 0 Å². The highest BCUT2D eigenvalue weighted by atomic mass is 28.3. The molecule has 155 valence electrons. The Hall–Kier alpha value is -1.21. The molecule has 2 nitrogen and oxygen atoms in total. The summed E-state index contributed by atoms with van der Waals surface area (Å²) >= 11 is 0. The maximum atomic E-state index is 6.86. The van der Waals surface area contributed by atoms with Gasteiger partial charge in [0.2, 0.25) is 0 Å².